The number of carbonyl (C=O) groups is 1. The van der Waals surface area contributed by atoms with E-state index < -0.39 is 15.1 Å². The van der Waals surface area contributed by atoms with Crippen molar-refractivity contribution in [3.63, 3.8) is 0 Å². The summed E-state index contributed by atoms with van der Waals surface area (Å²) in [6, 6.07) is 7.47. The molecule has 1 atom stereocenters. The van der Waals surface area contributed by atoms with E-state index in [1.165, 1.54) is 0 Å². The number of nitrogens with one attached hydrogen (secondary N) is 2. The lowest BCUT2D eigenvalue weighted by atomic mass is 10.1. The lowest BCUT2D eigenvalue weighted by molar-refractivity contribution is 0.0954. The van der Waals surface area contributed by atoms with Crippen LogP contribution in [-0.2, 0) is 9.84 Å². The maximum Gasteiger partial charge on any atom is 0.253 e. The van der Waals surface area contributed by atoms with Gasteiger partial charge in [0, 0.05) is 18.3 Å². The molecule has 1 heterocycles. The van der Waals surface area contributed by atoms with Gasteiger partial charge in [-0.05, 0) is 38.8 Å². The smallest absolute Gasteiger partial charge is 0.253 e. The van der Waals surface area contributed by atoms with E-state index in [2.05, 4.69) is 10.6 Å². The third-order valence-corrected chi connectivity index (χ3v) is 5.84. The number of benzene rings is 1. The number of sulfone groups is 1. The molecule has 1 amide bonds. The molecule has 0 aliphatic carbocycles. The Kier molecular flexibility index (Phi) is 4.88. The molecule has 1 aromatic carbocycles. The average Bonchev–Trinajstić information content (AvgIpc) is 2.75. The molecule has 2 N–H and O–H groups in total. The minimum Gasteiger partial charge on any atom is -0.382 e. The summed E-state index contributed by atoms with van der Waals surface area (Å²) >= 11 is 0. The predicted molar refractivity (Wildman–Crippen MR) is 84.3 cm³/mol. The average molecular weight is 310 g/mol. The van der Waals surface area contributed by atoms with Gasteiger partial charge in [0.2, 0.25) is 0 Å². The molecule has 5 nitrogen and oxygen atoms in total. The van der Waals surface area contributed by atoms with Gasteiger partial charge >= 0.3 is 0 Å². The van der Waals surface area contributed by atoms with E-state index in [-0.39, 0.29) is 24.2 Å². The fourth-order valence-corrected chi connectivity index (χ4v) is 4.27. The third-order valence-electron chi connectivity index (χ3n) is 3.57. The van der Waals surface area contributed by atoms with Gasteiger partial charge in [-0.3, -0.25) is 4.79 Å². The molecule has 1 saturated heterocycles. The highest BCUT2D eigenvalue weighted by atomic mass is 32.2. The number of hydrogen-bond acceptors (Lipinski definition) is 4. The first-order valence-corrected chi connectivity index (χ1v) is 8.97. The van der Waals surface area contributed by atoms with Crippen LogP contribution in [0, 0.1) is 0 Å². The van der Waals surface area contributed by atoms with Gasteiger partial charge in [-0.25, -0.2) is 8.42 Å². The van der Waals surface area contributed by atoms with Gasteiger partial charge in [0.1, 0.15) is 0 Å². The quantitative estimate of drug-likeness (QED) is 0.870. The second-order valence-corrected chi connectivity index (χ2v) is 8.09. The van der Waals surface area contributed by atoms with E-state index in [1.807, 2.05) is 26.0 Å². The van der Waals surface area contributed by atoms with Gasteiger partial charge in [-0.1, -0.05) is 12.1 Å². The lowest BCUT2D eigenvalue weighted by Crippen LogP contribution is -2.35. The monoisotopic (exact) mass is 310 g/mol. The third kappa shape index (κ3) is 3.97. The highest BCUT2D eigenvalue weighted by molar-refractivity contribution is 7.92. The molecule has 2 rings (SSSR count). The highest BCUT2D eigenvalue weighted by Gasteiger charge is 2.31. The standard InChI is InChI=1S/C15H22N2O3S/c1-11(2)17-14-8-4-3-7-13(14)15(18)16-10-12-6-5-9-21(12,19)20/h3-4,7-8,11-12,17H,5-6,9-10H2,1-2H3,(H,16,18). The van der Waals surface area contributed by atoms with Crippen LogP contribution in [0.15, 0.2) is 24.3 Å². The van der Waals surface area contributed by atoms with Crippen LogP contribution in [0.4, 0.5) is 5.69 Å². The van der Waals surface area contributed by atoms with E-state index in [1.54, 1.807) is 12.1 Å². The van der Waals surface area contributed by atoms with E-state index in [4.69, 9.17) is 0 Å². The van der Waals surface area contributed by atoms with Crippen molar-refractivity contribution in [3.8, 4) is 0 Å². The summed E-state index contributed by atoms with van der Waals surface area (Å²) < 4.78 is 23.5. The number of rotatable bonds is 5. The summed E-state index contributed by atoms with van der Waals surface area (Å²) in [5.74, 6) is -0.000176. The van der Waals surface area contributed by atoms with Crippen molar-refractivity contribution < 1.29 is 13.2 Å². The molecule has 1 fully saturated rings. The summed E-state index contributed by atoms with van der Waals surface area (Å²) in [5, 5.41) is 5.53. The summed E-state index contributed by atoms with van der Waals surface area (Å²) in [5.41, 5.74) is 1.31. The fourth-order valence-electron chi connectivity index (χ4n) is 2.51. The summed E-state index contributed by atoms with van der Waals surface area (Å²) in [4.78, 5) is 12.3. The van der Waals surface area contributed by atoms with Gasteiger partial charge in [0.05, 0.1) is 16.6 Å². The van der Waals surface area contributed by atoms with E-state index in [0.717, 1.165) is 5.69 Å². The molecule has 1 aliphatic rings. The van der Waals surface area contributed by atoms with Crippen LogP contribution >= 0.6 is 0 Å². The molecule has 0 spiro atoms. The van der Waals surface area contributed by atoms with Crippen molar-refractivity contribution in [3.05, 3.63) is 29.8 Å². The zero-order chi connectivity index (χ0) is 15.5. The zero-order valence-electron chi connectivity index (χ0n) is 12.4. The van der Waals surface area contributed by atoms with Crippen LogP contribution in [-0.4, -0.2) is 37.9 Å². The molecular formula is C15H22N2O3S. The predicted octanol–water partition coefficient (Wildman–Crippen LogP) is 1.81. The summed E-state index contributed by atoms with van der Waals surface area (Å²) in [7, 11) is -3.02. The van der Waals surface area contributed by atoms with Crippen LogP contribution in [0.3, 0.4) is 0 Å². The van der Waals surface area contributed by atoms with Crippen molar-refractivity contribution in [2.75, 3.05) is 17.6 Å². The molecule has 0 radical (unpaired) electrons. The Morgan fingerprint density at radius 2 is 2.05 bits per heavy atom. The van der Waals surface area contributed by atoms with Crippen molar-refractivity contribution in [2.24, 2.45) is 0 Å². The Morgan fingerprint density at radius 1 is 1.33 bits per heavy atom. The molecule has 1 aromatic rings. The van der Waals surface area contributed by atoms with Crippen molar-refractivity contribution in [1.82, 2.24) is 5.32 Å². The SMILES string of the molecule is CC(C)Nc1ccccc1C(=O)NCC1CCCS1(=O)=O. The number of amides is 1. The molecule has 0 aromatic heterocycles. The number of carbonyl (C=O) groups excluding carboxylic acids is 1. The first-order valence-electron chi connectivity index (χ1n) is 7.25. The molecule has 0 saturated carbocycles. The van der Waals surface area contributed by atoms with E-state index >= 15 is 0 Å². The molecule has 116 valence electrons. The maximum absolute atomic E-state index is 12.3. The Bertz CT molecular complexity index is 611. The van der Waals surface area contributed by atoms with Gasteiger partial charge in [0.25, 0.3) is 5.91 Å². The van der Waals surface area contributed by atoms with Crippen LogP contribution in [0.5, 0.6) is 0 Å². The van der Waals surface area contributed by atoms with Crippen molar-refractivity contribution >= 4 is 21.4 Å². The van der Waals surface area contributed by atoms with Gasteiger partial charge in [0.15, 0.2) is 9.84 Å². The minimum atomic E-state index is -3.02. The lowest BCUT2D eigenvalue weighted by Gasteiger charge is -2.15. The Balaban J connectivity index is 2.04. The number of hydrogen-bond donors (Lipinski definition) is 2. The molecular weight excluding hydrogens is 288 g/mol. The summed E-state index contributed by atoms with van der Waals surface area (Å²) in [6.45, 7) is 4.19. The fraction of sp³-hybridized carbons (Fsp3) is 0.533. The molecule has 1 unspecified atom stereocenters. The minimum absolute atomic E-state index is 0.192. The second kappa shape index (κ2) is 6.47. The van der Waals surface area contributed by atoms with Gasteiger partial charge < -0.3 is 10.6 Å². The summed E-state index contributed by atoms with van der Waals surface area (Å²) in [6.07, 6.45) is 1.32. The zero-order valence-corrected chi connectivity index (χ0v) is 13.2. The topological polar surface area (TPSA) is 75.3 Å². The molecule has 6 heteroatoms. The molecule has 0 bridgehead atoms. The van der Waals surface area contributed by atoms with Crippen LogP contribution in [0.25, 0.3) is 0 Å². The van der Waals surface area contributed by atoms with E-state index in [9.17, 15) is 13.2 Å². The normalized spacial score (nSPS) is 20.4. The number of anilines is 1. The van der Waals surface area contributed by atoms with Crippen molar-refractivity contribution in [1.29, 1.82) is 0 Å². The van der Waals surface area contributed by atoms with E-state index in [0.29, 0.717) is 18.4 Å². The maximum atomic E-state index is 12.3. The number of para-hydroxylation sites is 1. The Hall–Kier alpha value is -1.56. The largest absolute Gasteiger partial charge is 0.382 e. The molecule has 1 aliphatic heterocycles. The van der Waals surface area contributed by atoms with Crippen LogP contribution < -0.4 is 10.6 Å². The second-order valence-electron chi connectivity index (χ2n) is 5.69. The van der Waals surface area contributed by atoms with Gasteiger partial charge in [-0.15, -0.1) is 0 Å². The van der Waals surface area contributed by atoms with Crippen molar-refractivity contribution in [2.45, 2.75) is 38.0 Å². The Morgan fingerprint density at radius 3 is 2.67 bits per heavy atom. The first kappa shape index (κ1) is 15.8. The van der Waals surface area contributed by atoms with Crippen LogP contribution in [0.1, 0.15) is 37.0 Å². The first-order chi connectivity index (χ1) is 9.90. The Labute approximate surface area is 126 Å². The highest BCUT2D eigenvalue weighted by Crippen LogP contribution is 2.20. The van der Waals surface area contributed by atoms with Gasteiger partial charge in [-0.2, -0.15) is 0 Å². The van der Waals surface area contributed by atoms with Crippen LogP contribution in [0.2, 0.25) is 0 Å². The molecule has 21 heavy (non-hydrogen) atoms.